The molecule has 104 valence electrons. The molecule has 0 saturated heterocycles. The lowest BCUT2D eigenvalue weighted by Gasteiger charge is -2.10. The molecule has 2 heterocycles. The van der Waals surface area contributed by atoms with Crippen LogP contribution in [0.1, 0.15) is 5.56 Å². The number of urea groups is 1. The first kappa shape index (κ1) is 13.0. The van der Waals surface area contributed by atoms with Gasteiger partial charge >= 0.3 is 6.03 Å². The molecule has 2 aromatic heterocycles. The van der Waals surface area contributed by atoms with Crippen molar-refractivity contribution in [2.75, 3.05) is 10.6 Å². The monoisotopic (exact) mass is 279 g/mol. The minimum absolute atomic E-state index is 0.371. The minimum Gasteiger partial charge on any atom is -0.307 e. The summed E-state index contributed by atoms with van der Waals surface area (Å²) in [7, 11) is 0. The van der Waals surface area contributed by atoms with Crippen LogP contribution < -0.4 is 10.6 Å². The van der Waals surface area contributed by atoms with E-state index in [9.17, 15) is 4.79 Å². The molecule has 6 heteroatoms. The number of fused-ring (bicyclic) bond motifs is 1. The lowest BCUT2D eigenvalue weighted by Crippen LogP contribution is -2.20. The number of aromatic nitrogens is 3. The van der Waals surface area contributed by atoms with Crippen LogP contribution in [0.25, 0.3) is 10.9 Å². The number of carbonyl (C=O) groups excluding carboxylic acids is 1. The molecular weight excluding hydrogens is 266 g/mol. The fourth-order valence-corrected chi connectivity index (χ4v) is 2.07. The number of rotatable bonds is 2. The Kier molecular flexibility index (Phi) is 3.42. The van der Waals surface area contributed by atoms with Crippen LogP contribution in [-0.4, -0.2) is 21.0 Å². The van der Waals surface area contributed by atoms with E-state index in [1.807, 2.05) is 25.1 Å². The van der Waals surface area contributed by atoms with Crippen LogP contribution in [0.4, 0.5) is 16.3 Å². The predicted octanol–water partition coefficient (Wildman–Crippen LogP) is 2.98. The molecule has 0 aliphatic rings. The molecule has 0 radical (unpaired) electrons. The van der Waals surface area contributed by atoms with E-state index in [0.717, 1.165) is 16.5 Å². The van der Waals surface area contributed by atoms with E-state index < -0.39 is 0 Å². The fraction of sp³-hybridized carbons (Fsp3) is 0.0667. The summed E-state index contributed by atoms with van der Waals surface area (Å²) in [6.07, 6.45) is 6.21. The van der Waals surface area contributed by atoms with Gasteiger partial charge in [0, 0.05) is 24.0 Å². The van der Waals surface area contributed by atoms with Crippen LogP contribution in [0.5, 0.6) is 0 Å². The Hall–Kier alpha value is -3.02. The van der Waals surface area contributed by atoms with E-state index in [2.05, 4.69) is 25.6 Å². The molecule has 0 fully saturated rings. The third kappa shape index (κ3) is 2.79. The maximum Gasteiger partial charge on any atom is 0.324 e. The lowest BCUT2D eigenvalue weighted by atomic mass is 10.1. The summed E-state index contributed by atoms with van der Waals surface area (Å²) >= 11 is 0. The van der Waals surface area contributed by atoms with Crippen molar-refractivity contribution < 1.29 is 4.79 Å². The van der Waals surface area contributed by atoms with Gasteiger partial charge in [-0.25, -0.2) is 9.78 Å². The smallest absolute Gasteiger partial charge is 0.307 e. The van der Waals surface area contributed by atoms with Crippen LogP contribution in [0, 0.1) is 6.92 Å². The van der Waals surface area contributed by atoms with Crippen LogP contribution in [0.15, 0.2) is 49.1 Å². The first-order chi connectivity index (χ1) is 10.2. The summed E-state index contributed by atoms with van der Waals surface area (Å²) < 4.78 is 0. The highest BCUT2D eigenvalue weighted by atomic mass is 16.2. The first-order valence-electron chi connectivity index (χ1n) is 6.42. The van der Waals surface area contributed by atoms with Crippen molar-refractivity contribution in [2.24, 2.45) is 0 Å². The number of hydrogen-bond acceptors (Lipinski definition) is 4. The molecule has 0 bridgehead atoms. The number of carbonyl (C=O) groups is 1. The third-order valence-corrected chi connectivity index (χ3v) is 3.03. The SMILES string of the molecule is Cc1cccc2c(NC(=O)Nc3cnccn3)ccnc12. The highest BCUT2D eigenvalue weighted by molar-refractivity contribution is 6.05. The second-order valence-corrected chi connectivity index (χ2v) is 4.50. The van der Waals surface area contributed by atoms with E-state index >= 15 is 0 Å². The highest BCUT2D eigenvalue weighted by Gasteiger charge is 2.08. The van der Waals surface area contributed by atoms with Crippen molar-refractivity contribution in [2.45, 2.75) is 6.92 Å². The standard InChI is InChI=1S/C15H13N5O/c1-10-3-2-4-11-12(5-6-18-14(10)11)19-15(21)20-13-9-16-7-8-17-13/h2-9H,1H3,(H2,17,18,19,20,21). The summed E-state index contributed by atoms with van der Waals surface area (Å²) in [5, 5.41) is 6.32. The van der Waals surface area contributed by atoms with Crippen molar-refractivity contribution in [3.8, 4) is 0 Å². The van der Waals surface area contributed by atoms with Crippen LogP contribution in [0.3, 0.4) is 0 Å². The van der Waals surface area contributed by atoms with Gasteiger partial charge in [-0.15, -0.1) is 0 Å². The summed E-state index contributed by atoms with van der Waals surface area (Å²) in [6.45, 7) is 1.98. The molecule has 0 aliphatic heterocycles. The van der Waals surface area contributed by atoms with Crippen molar-refractivity contribution in [3.63, 3.8) is 0 Å². The second kappa shape index (κ2) is 5.54. The Morgan fingerprint density at radius 1 is 1.05 bits per heavy atom. The Bertz CT molecular complexity index is 788. The quantitative estimate of drug-likeness (QED) is 0.755. The maximum absolute atomic E-state index is 12.0. The summed E-state index contributed by atoms with van der Waals surface area (Å²) in [4.78, 5) is 24.2. The lowest BCUT2D eigenvalue weighted by molar-refractivity contribution is 0.262. The summed E-state index contributed by atoms with van der Waals surface area (Å²) in [5.41, 5.74) is 2.63. The van der Waals surface area contributed by atoms with Gasteiger partial charge in [0.2, 0.25) is 0 Å². The Labute approximate surface area is 121 Å². The zero-order valence-electron chi connectivity index (χ0n) is 11.4. The maximum atomic E-state index is 12.0. The Morgan fingerprint density at radius 3 is 2.76 bits per heavy atom. The normalized spacial score (nSPS) is 10.3. The number of hydrogen-bond donors (Lipinski definition) is 2. The topological polar surface area (TPSA) is 79.8 Å². The minimum atomic E-state index is -0.371. The fourth-order valence-electron chi connectivity index (χ4n) is 2.07. The number of anilines is 2. The molecule has 0 saturated carbocycles. The molecular formula is C15H13N5O. The van der Waals surface area contributed by atoms with Gasteiger partial charge in [-0.1, -0.05) is 18.2 Å². The van der Waals surface area contributed by atoms with Gasteiger partial charge in [-0.3, -0.25) is 15.3 Å². The van der Waals surface area contributed by atoms with E-state index in [1.165, 1.54) is 12.4 Å². The van der Waals surface area contributed by atoms with Gasteiger partial charge in [0.25, 0.3) is 0 Å². The van der Waals surface area contributed by atoms with Crippen molar-refractivity contribution in [1.29, 1.82) is 0 Å². The van der Waals surface area contributed by atoms with Gasteiger partial charge in [0.15, 0.2) is 5.82 Å². The summed E-state index contributed by atoms with van der Waals surface area (Å²) in [5.74, 6) is 0.393. The average molecular weight is 279 g/mol. The predicted molar refractivity (Wildman–Crippen MR) is 81.2 cm³/mol. The highest BCUT2D eigenvalue weighted by Crippen LogP contribution is 2.23. The molecule has 1 aromatic carbocycles. The van der Waals surface area contributed by atoms with Crippen LogP contribution in [0.2, 0.25) is 0 Å². The molecule has 0 spiro atoms. The zero-order chi connectivity index (χ0) is 14.7. The third-order valence-electron chi connectivity index (χ3n) is 3.03. The first-order valence-corrected chi connectivity index (χ1v) is 6.42. The molecule has 21 heavy (non-hydrogen) atoms. The number of benzene rings is 1. The largest absolute Gasteiger partial charge is 0.324 e. The van der Waals surface area contributed by atoms with Crippen molar-refractivity contribution in [1.82, 2.24) is 15.0 Å². The molecule has 0 unspecified atom stereocenters. The summed E-state index contributed by atoms with van der Waals surface area (Å²) in [6, 6.07) is 7.24. The Balaban J connectivity index is 1.85. The van der Waals surface area contributed by atoms with Gasteiger partial charge in [-0.05, 0) is 18.6 Å². The van der Waals surface area contributed by atoms with E-state index in [4.69, 9.17) is 0 Å². The number of nitrogens with zero attached hydrogens (tertiary/aromatic N) is 3. The average Bonchev–Trinajstić information content (AvgIpc) is 2.49. The van der Waals surface area contributed by atoms with Crippen LogP contribution in [-0.2, 0) is 0 Å². The van der Waals surface area contributed by atoms with E-state index in [0.29, 0.717) is 11.5 Å². The van der Waals surface area contributed by atoms with E-state index in [1.54, 1.807) is 18.5 Å². The van der Waals surface area contributed by atoms with Crippen LogP contribution >= 0.6 is 0 Å². The van der Waals surface area contributed by atoms with Gasteiger partial charge in [-0.2, -0.15) is 0 Å². The number of nitrogens with one attached hydrogen (secondary N) is 2. The molecule has 2 amide bonds. The number of pyridine rings is 1. The molecule has 3 aromatic rings. The number of aryl methyl sites for hydroxylation is 1. The molecule has 6 nitrogen and oxygen atoms in total. The number of para-hydroxylation sites is 1. The second-order valence-electron chi connectivity index (χ2n) is 4.50. The molecule has 2 N–H and O–H groups in total. The molecule has 3 rings (SSSR count). The van der Waals surface area contributed by atoms with E-state index in [-0.39, 0.29) is 6.03 Å². The zero-order valence-corrected chi connectivity index (χ0v) is 11.4. The van der Waals surface area contributed by atoms with Crippen molar-refractivity contribution >= 4 is 28.4 Å². The van der Waals surface area contributed by atoms with Gasteiger partial charge in [0.1, 0.15) is 0 Å². The number of amides is 2. The molecule has 0 aliphatic carbocycles. The van der Waals surface area contributed by atoms with Gasteiger partial charge < -0.3 is 5.32 Å². The Morgan fingerprint density at radius 2 is 1.95 bits per heavy atom. The van der Waals surface area contributed by atoms with Gasteiger partial charge in [0.05, 0.1) is 17.4 Å². The van der Waals surface area contributed by atoms with Crippen molar-refractivity contribution in [3.05, 3.63) is 54.6 Å². The molecule has 0 atom stereocenters.